The lowest BCUT2D eigenvalue weighted by atomic mass is 10.0. The summed E-state index contributed by atoms with van der Waals surface area (Å²) in [5.74, 6) is 1.02. The average Bonchev–Trinajstić information content (AvgIpc) is 3.53. The standard InChI is InChI=1S/C33H29N5O3S/c1-3-30-35-38-23(2)31(26-12-6-4-7-13-26)34-33(38)37(30)22-24-18-20-25(21-19-24)28-16-10-11-17-29(28)42(40,41)36-32(39)27-14-8-5-9-15-27/h4-21H,3,22H2,1-2H3,(H,36,39). The largest absolute Gasteiger partial charge is 0.292 e. The highest BCUT2D eigenvalue weighted by molar-refractivity contribution is 7.90. The van der Waals surface area contributed by atoms with Gasteiger partial charge in [0.15, 0.2) is 0 Å². The third kappa shape index (κ3) is 5.10. The number of hydrogen-bond donors (Lipinski definition) is 1. The molecule has 0 aliphatic carbocycles. The molecule has 0 unspecified atom stereocenters. The van der Waals surface area contributed by atoms with Crippen molar-refractivity contribution in [3.8, 4) is 22.4 Å². The van der Waals surface area contributed by atoms with Crippen molar-refractivity contribution in [2.24, 2.45) is 0 Å². The van der Waals surface area contributed by atoms with Crippen LogP contribution in [0.5, 0.6) is 0 Å². The van der Waals surface area contributed by atoms with E-state index >= 15 is 0 Å². The molecule has 0 aliphatic rings. The molecule has 1 N–H and O–H groups in total. The Hall–Kier alpha value is -5.02. The predicted octanol–water partition coefficient (Wildman–Crippen LogP) is 5.90. The van der Waals surface area contributed by atoms with Crippen LogP contribution in [0.1, 0.15) is 34.4 Å². The summed E-state index contributed by atoms with van der Waals surface area (Å²) < 4.78 is 32.8. The van der Waals surface area contributed by atoms with E-state index in [9.17, 15) is 13.2 Å². The van der Waals surface area contributed by atoms with Crippen LogP contribution >= 0.6 is 0 Å². The number of carbonyl (C=O) groups is 1. The van der Waals surface area contributed by atoms with Gasteiger partial charge in [-0.25, -0.2) is 22.6 Å². The zero-order valence-electron chi connectivity index (χ0n) is 23.2. The van der Waals surface area contributed by atoms with Crippen LogP contribution in [0, 0.1) is 6.92 Å². The number of aromatic nitrogens is 4. The van der Waals surface area contributed by atoms with Gasteiger partial charge < -0.3 is 0 Å². The summed E-state index contributed by atoms with van der Waals surface area (Å²) in [6, 6.07) is 32.8. The second-order valence-electron chi connectivity index (χ2n) is 9.97. The molecule has 1 amide bonds. The maximum atomic E-state index is 13.3. The van der Waals surface area contributed by atoms with Crippen LogP contribution in [0.15, 0.2) is 114 Å². The number of sulfonamides is 1. The lowest BCUT2D eigenvalue weighted by molar-refractivity contribution is 0.0981. The number of rotatable bonds is 8. The van der Waals surface area contributed by atoms with Crippen LogP contribution in [-0.4, -0.2) is 33.5 Å². The van der Waals surface area contributed by atoms with Gasteiger partial charge in [0.25, 0.3) is 15.9 Å². The first-order valence-corrected chi connectivity index (χ1v) is 15.1. The molecule has 0 saturated heterocycles. The molecule has 9 heteroatoms. The van der Waals surface area contributed by atoms with Gasteiger partial charge in [0.05, 0.1) is 22.8 Å². The Labute approximate surface area is 244 Å². The first-order chi connectivity index (χ1) is 20.4. The van der Waals surface area contributed by atoms with Gasteiger partial charge in [0.1, 0.15) is 5.82 Å². The number of benzene rings is 4. The number of nitrogens with zero attached hydrogens (tertiary/aromatic N) is 4. The van der Waals surface area contributed by atoms with Crippen LogP contribution < -0.4 is 4.72 Å². The molecule has 42 heavy (non-hydrogen) atoms. The normalized spacial score (nSPS) is 11.6. The van der Waals surface area contributed by atoms with Gasteiger partial charge in [-0.15, -0.1) is 0 Å². The maximum Gasteiger partial charge on any atom is 0.264 e. The molecule has 0 atom stereocenters. The topological polar surface area (TPSA) is 98.4 Å². The molecule has 8 nitrogen and oxygen atoms in total. The molecule has 4 aromatic carbocycles. The van der Waals surface area contributed by atoms with Crippen molar-refractivity contribution in [2.45, 2.75) is 31.7 Å². The highest BCUT2D eigenvalue weighted by Crippen LogP contribution is 2.29. The van der Waals surface area contributed by atoms with Crippen LogP contribution in [0.2, 0.25) is 0 Å². The summed E-state index contributed by atoms with van der Waals surface area (Å²) in [4.78, 5) is 17.6. The van der Waals surface area contributed by atoms with E-state index in [1.54, 1.807) is 48.5 Å². The molecule has 6 rings (SSSR count). The smallest absolute Gasteiger partial charge is 0.264 e. The van der Waals surface area contributed by atoms with E-state index < -0.39 is 15.9 Å². The molecule has 2 aromatic heterocycles. The molecule has 0 spiro atoms. The second-order valence-corrected chi connectivity index (χ2v) is 11.6. The molecule has 0 saturated carbocycles. The van der Waals surface area contributed by atoms with E-state index in [2.05, 4.69) is 16.2 Å². The van der Waals surface area contributed by atoms with E-state index in [4.69, 9.17) is 10.1 Å². The molecule has 2 heterocycles. The molecule has 0 radical (unpaired) electrons. The minimum Gasteiger partial charge on any atom is -0.292 e. The van der Waals surface area contributed by atoms with E-state index in [0.29, 0.717) is 12.1 Å². The monoisotopic (exact) mass is 575 g/mol. The molecule has 0 fully saturated rings. The average molecular weight is 576 g/mol. The van der Waals surface area contributed by atoms with Gasteiger partial charge in [0.2, 0.25) is 5.78 Å². The SMILES string of the molecule is CCc1nn2c(C)c(-c3ccccc3)nc2n1Cc1ccc(-c2ccccc2S(=O)(=O)NC(=O)c2ccccc2)cc1. The lowest BCUT2D eigenvalue weighted by Gasteiger charge is -2.13. The Morgan fingerprint density at radius 1 is 0.810 bits per heavy atom. The van der Waals surface area contributed by atoms with Crippen molar-refractivity contribution < 1.29 is 13.2 Å². The summed E-state index contributed by atoms with van der Waals surface area (Å²) in [5.41, 5.74) is 5.45. The number of aryl methyl sites for hydroxylation is 2. The van der Waals surface area contributed by atoms with Crippen LogP contribution in [-0.2, 0) is 23.0 Å². The van der Waals surface area contributed by atoms with Gasteiger partial charge in [-0.2, -0.15) is 5.10 Å². The minimum absolute atomic E-state index is 0.0351. The highest BCUT2D eigenvalue weighted by atomic mass is 32.2. The fourth-order valence-electron chi connectivity index (χ4n) is 5.09. The summed E-state index contributed by atoms with van der Waals surface area (Å²) in [7, 11) is -4.12. The van der Waals surface area contributed by atoms with Crippen molar-refractivity contribution in [1.82, 2.24) is 23.9 Å². The fourth-order valence-corrected chi connectivity index (χ4v) is 6.29. The van der Waals surface area contributed by atoms with Gasteiger partial charge in [-0.1, -0.05) is 97.9 Å². The van der Waals surface area contributed by atoms with Crippen molar-refractivity contribution in [3.63, 3.8) is 0 Å². The van der Waals surface area contributed by atoms with E-state index in [1.807, 2.05) is 66.0 Å². The fraction of sp³-hybridized carbons (Fsp3) is 0.121. The zero-order chi connectivity index (χ0) is 29.3. The van der Waals surface area contributed by atoms with Crippen molar-refractivity contribution >= 4 is 21.7 Å². The van der Waals surface area contributed by atoms with E-state index in [-0.39, 0.29) is 10.5 Å². The Balaban J connectivity index is 1.29. The van der Waals surface area contributed by atoms with E-state index in [1.165, 1.54) is 6.07 Å². The predicted molar refractivity (Wildman–Crippen MR) is 163 cm³/mol. The number of nitrogens with one attached hydrogen (secondary N) is 1. The zero-order valence-corrected chi connectivity index (χ0v) is 24.0. The summed E-state index contributed by atoms with van der Waals surface area (Å²) in [6.07, 6.45) is 0.751. The van der Waals surface area contributed by atoms with Gasteiger partial charge in [0, 0.05) is 23.1 Å². The van der Waals surface area contributed by atoms with Gasteiger partial charge in [-0.3, -0.25) is 9.36 Å². The van der Waals surface area contributed by atoms with Crippen molar-refractivity contribution in [3.05, 3.63) is 132 Å². The molecular formula is C33H29N5O3S. The van der Waals surface area contributed by atoms with E-state index in [0.717, 1.165) is 46.1 Å². The summed E-state index contributed by atoms with van der Waals surface area (Å²) in [6.45, 7) is 4.66. The first kappa shape index (κ1) is 27.2. The van der Waals surface area contributed by atoms with Gasteiger partial charge in [-0.05, 0) is 36.2 Å². The highest BCUT2D eigenvalue weighted by Gasteiger charge is 2.23. The Morgan fingerprint density at radius 2 is 1.45 bits per heavy atom. The molecule has 6 aromatic rings. The number of carbonyl (C=O) groups excluding carboxylic acids is 1. The quantitative estimate of drug-likeness (QED) is 0.244. The molecule has 0 bridgehead atoms. The summed E-state index contributed by atoms with van der Waals surface area (Å²) in [5, 5.41) is 4.84. The third-order valence-electron chi connectivity index (χ3n) is 7.24. The number of imidazole rings is 1. The molecule has 0 aliphatic heterocycles. The summed E-state index contributed by atoms with van der Waals surface area (Å²) >= 11 is 0. The Kier molecular flexibility index (Phi) is 7.18. The van der Waals surface area contributed by atoms with Gasteiger partial charge >= 0.3 is 0 Å². The van der Waals surface area contributed by atoms with Crippen LogP contribution in [0.3, 0.4) is 0 Å². The van der Waals surface area contributed by atoms with Crippen molar-refractivity contribution in [2.75, 3.05) is 0 Å². The Morgan fingerprint density at radius 3 is 2.14 bits per heavy atom. The number of fused-ring (bicyclic) bond motifs is 1. The van der Waals surface area contributed by atoms with Crippen LogP contribution in [0.4, 0.5) is 0 Å². The minimum atomic E-state index is -4.12. The first-order valence-electron chi connectivity index (χ1n) is 13.7. The number of amides is 1. The van der Waals surface area contributed by atoms with Crippen LogP contribution in [0.25, 0.3) is 28.2 Å². The molecule has 210 valence electrons. The lowest BCUT2D eigenvalue weighted by Crippen LogP contribution is -2.30. The maximum absolute atomic E-state index is 13.3. The van der Waals surface area contributed by atoms with Crippen molar-refractivity contribution in [1.29, 1.82) is 0 Å². The third-order valence-corrected chi connectivity index (χ3v) is 8.63. The second kappa shape index (κ2) is 11.1. The Bertz CT molecular complexity index is 2000. The number of hydrogen-bond acceptors (Lipinski definition) is 5. The molecular weight excluding hydrogens is 546 g/mol.